The number of aryl methyl sites for hydroxylation is 2. The summed E-state index contributed by atoms with van der Waals surface area (Å²) in [6.07, 6.45) is 3.92. The number of hydrogen-bond donors (Lipinski definition) is 2. The van der Waals surface area contributed by atoms with Gasteiger partial charge < -0.3 is 10.3 Å². The van der Waals surface area contributed by atoms with E-state index in [0.29, 0.717) is 5.65 Å². The monoisotopic (exact) mass is 341 g/mol. The number of H-pyrrole nitrogens is 1. The fourth-order valence-corrected chi connectivity index (χ4v) is 3.36. The van der Waals surface area contributed by atoms with E-state index in [9.17, 15) is 4.79 Å². The molecule has 0 aliphatic carbocycles. The Morgan fingerprint density at radius 1 is 1.33 bits per heavy atom. The van der Waals surface area contributed by atoms with Crippen molar-refractivity contribution in [3.05, 3.63) is 42.0 Å². The van der Waals surface area contributed by atoms with Crippen molar-refractivity contribution in [3.8, 4) is 0 Å². The van der Waals surface area contributed by atoms with Crippen LogP contribution in [-0.4, -0.2) is 31.1 Å². The molecular formula is C17H19N5OS. The molecule has 0 saturated carbocycles. The van der Waals surface area contributed by atoms with Crippen LogP contribution >= 0.6 is 11.8 Å². The molecule has 7 heteroatoms. The van der Waals surface area contributed by atoms with E-state index in [4.69, 9.17) is 0 Å². The molecule has 6 nitrogen and oxygen atoms in total. The first-order chi connectivity index (χ1) is 11.6. The van der Waals surface area contributed by atoms with E-state index in [1.54, 1.807) is 6.33 Å². The number of nitrogens with one attached hydrogen (secondary N) is 2. The van der Waals surface area contributed by atoms with Crippen LogP contribution in [0.5, 0.6) is 0 Å². The topological polar surface area (TPSA) is 83.6 Å². The van der Waals surface area contributed by atoms with Crippen molar-refractivity contribution in [1.82, 2.24) is 19.9 Å². The van der Waals surface area contributed by atoms with Gasteiger partial charge in [-0.15, -0.1) is 0 Å². The van der Waals surface area contributed by atoms with Crippen LogP contribution in [0.1, 0.15) is 25.0 Å². The highest BCUT2D eigenvalue weighted by molar-refractivity contribution is 8.00. The van der Waals surface area contributed by atoms with E-state index in [2.05, 4.69) is 32.2 Å². The van der Waals surface area contributed by atoms with Crippen molar-refractivity contribution < 1.29 is 4.79 Å². The van der Waals surface area contributed by atoms with Crippen molar-refractivity contribution >= 4 is 34.5 Å². The Morgan fingerprint density at radius 2 is 2.17 bits per heavy atom. The molecular weight excluding hydrogens is 322 g/mol. The van der Waals surface area contributed by atoms with E-state index in [-0.39, 0.29) is 11.2 Å². The summed E-state index contributed by atoms with van der Waals surface area (Å²) >= 11 is 1.39. The quantitative estimate of drug-likeness (QED) is 0.549. The van der Waals surface area contributed by atoms with Crippen LogP contribution in [0, 0.1) is 6.92 Å². The molecule has 24 heavy (non-hydrogen) atoms. The van der Waals surface area contributed by atoms with Gasteiger partial charge in [0.2, 0.25) is 5.91 Å². The number of carbonyl (C=O) groups excluding carboxylic acids is 1. The number of benzene rings is 1. The minimum Gasteiger partial charge on any atom is -0.341 e. The molecule has 124 valence electrons. The predicted octanol–water partition coefficient (Wildman–Crippen LogP) is 3.34. The van der Waals surface area contributed by atoms with Crippen LogP contribution in [0.4, 0.5) is 5.69 Å². The van der Waals surface area contributed by atoms with Crippen LogP contribution in [0.25, 0.3) is 11.2 Å². The number of carbonyl (C=O) groups is 1. The largest absolute Gasteiger partial charge is 0.341 e. The lowest BCUT2D eigenvalue weighted by Crippen LogP contribution is -2.23. The molecule has 0 saturated heterocycles. The Kier molecular flexibility index (Phi) is 4.80. The minimum absolute atomic E-state index is 0.0460. The second-order valence-electron chi connectivity index (χ2n) is 5.49. The van der Waals surface area contributed by atoms with Crippen molar-refractivity contribution in [2.45, 2.75) is 37.5 Å². The van der Waals surface area contributed by atoms with Crippen LogP contribution in [0.3, 0.4) is 0 Å². The van der Waals surface area contributed by atoms with Gasteiger partial charge in [-0.1, -0.05) is 36.9 Å². The van der Waals surface area contributed by atoms with Gasteiger partial charge in [-0.3, -0.25) is 4.79 Å². The Morgan fingerprint density at radius 3 is 2.96 bits per heavy atom. The van der Waals surface area contributed by atoms with Gasteiger partial charge in [0.1, 0.15) is 16.9 Å². The highest BCUT2D eigenvalue weighted by Gasteiger charge is 2.19. The Bertz CT molecular complexity index is 876. The molecule has 1 atom stereocenters. The Balaban J connectivity index is 1.77. The van der Waals surface area contributed by atoms with Crippen LogP contribution in [0.15, 0.2) is 35.9 Å². The molecule has 1 amide bonds. The second kappa shape index (κ2) is 7.00. The van der Waals surface area contributed by atoms with Gasteiger partial charge in [0.25, 0.3) is 0 Å². The lowest BCUT2D eigenvalue weighted by Gasteiger charge is -2.16. The van der Waals surface area contributed by atoms with Crippen molar-refractivity contribution in [3.63, 3.8) is 0 Å². The minimum atomic E-state index is -0.296. The van der Waals surface area contributed by atoms with Gasteiger partial charge in [-0.25, -0.2) is 15.0 Å². The zero-order chi connectivity index (χ0) is 17.1. The summed E-state index contributed by atoms with van der Waals surface area (Å²) in [5.41, 5.74) is 4.47. The fourth-order valence-electron chi connectivity index (χ4n) is 2.48. The number of para-hydroxylation sites is 1. The summed E-state index contributed by atoms with van der Waals surface area (Å²) in [6, 6.07) is 6.06. The normalized spacial score (nSPS) is 12.3. The summed E-state index contributed by atoms with van der Waals surface area (Å²) in [5.74, 6) is -0.0460. The number of amides is 1. The first-order valence-electron chi connectivity index (χ1n) is 7.80. The van der Waals surface area contributed by atoms with Crippen LogP contribution in [0.2, 0.25) is 0 Å². The van der Waals surface area contributed by atoms with Crippen molar-refractivity contribution in [1.29, 1.82) is 0 Å². The third-order valence-corrected chi connectivity index (χ3v) is 4.93. The molecule has 0 radical (unpaired) electrons. The average molecular weight is 341 g/mol. The summed E-state index contributed by atoms with van der Waals surface area (Å²) in [7, 11) is 0. The number of aromatic amines is 1. The molecule has 2 aromatic heterocycles. The first kappa shape index (κ1) is 16.4. The van der Waals surface area contributed by atoms with E-state index < -0.39 is 0 Å². The van der Waals surface area contributed by atoms with E-state index in [1.165, 1.54) is 18.1 Å². The smallest absolute Gasteiger partial charge is 0.237 e. The molecule has 2 N–H and O–H groups in total. The molecule has 0 bridgehead atoms. The number of nitrogens with zero attached hydrogens (tertiary/aromatic N) is 3. The molecule has 0 fully saturated rings. The van der Waals surface area contributed by atoms with Crippen LogP contribution in [-0.2, 0) is 11.2 Å². The summed E-state index contributed by atoms with van der Waals surface area (Å²) in [4.78, 5) is 28.1. The number of anilines is 1. The predicted molar refractivity (Wildman–Crippen MR) is 96.2 cm³/mol. The summed E-state index contributed by atoms with van der Waals surface area (Å²) < 4.78 is 0. The number of fused-ring (bicyclic) bond motifs is 1. The Labute approximate surface area is 144 Å². The lowest BCUT2D eigenvalue weighted by atomic mass is 10.1. The zero-order valence-corrected chi connectivity index (χ0v) is 14.6. The molecule has 1 aromatic carbocycles. The highest BCUT2D eigenvalue weighted by atomic mass is 32.2. The highest BCUT2D eigenvalue weighted by Crippen LogP contribution is 2.28. The Hall–Kier alpha value is -2.41. The van der Waals surface area contributed by atoms with Gasteiger partial charge in [-0.2, -0.15) is 0 Å². The molecule has 2 heterocycles. The molecule has 1 unspecified atom stereocenters. The molecule has 0 spiro atoms. The summed E-state index contributed by atoms with van der Waals surface area (Å²) in [5, 5.41) is 3.49. The first-order valence-corrected chi connectivity index (χ1v) is 8.68. The van der Waals surface area contributed by atoms with Gasteiger partial charge in [-0.05, 0) is 31.4 Å². The van der Waals surface area contributed by atoms with E-state index >= 15 is 0 Å². The van der Waals surface area contributed by atoms with Crippen molar-refractivity contribution in [2.75, 3.05) is 5.32 Å². The maximum atomic E-state index is 12.6. The number of thioether (sulfide) groups is 1. The molecule has 0 aliphatic heterocycles. The van der Waals surface area contributed by atoms with E-state index in [0.717, 1.165) is 33.8 Å². The van der Waals surface area contributed by atoms with Gasteiger partial charge in [0, 0.05) is 5.69 Å². The van der Waals surface area contributed by atoms with Crippen molar-refractivity contribution in [2.24, 2.45) is 0 Å². The number of hydrogen-bond acceptors (Lipinski definition) is 5. The SMILES string of the molecule is CCc1cccc(C)c1NC(=O)C(C)Sc1ncnc2nc[nH]c12. The van der Waals surface area contributed by atoms with Crippen LogP contribution < -0.4 is 5.32 Å². The molecule has 0 aliphatic rings. The van der Waals surface area contributed by atoms with Gasteiger partial charge in [0.05, 0.1) is 11.6 Å². The maximum Gasteiger partial charge on any atom is 0.237 e. The second-order valence-corrected chi connectivity index (χ2v) is 6.82. The molecule has 3 rings (SSSR count). The fraction of sp³-hybridized carbons (Fsp3) is 0.294. The summed E-state index contributed by atoms with van der Waals surface area (Å²) in [6.45, 7) is 5.96. The third kappa shape index (κ3) is 3.26. The lowest BCUT2D eigenvalue weighted by molar-refractivity contribution is -0.115. The zero-order valence-electron chi connectivity index (χ0n) is 13.8. The number of aromatic nitrogens is 4. The van der Waals surface area contributed by atoms with E-state index in [1.807, 2.05) is 32.0 Å². The molecule has 3 aromatic rings. The number of rotatable bonds is 5. The van der Waals surface area contributed by atoms with Gasteiger partial charge >= 0.3 is 0 Å². The standard InChI is InChI=1S/C17H19N5OS/c1-4-12-7-5-6-10(2)13(12)22-16(23)11(3)24-17-14-15(19-8-18-14)20-9-21-17/h5-9,11H,4H2,1-3H3,(H,22,23)(H,18,19,20,21). The third-order valence-electron chi connectivity index (χ3n) is 3.83. The van der Waals surface area contributed by atoms with Gasteiger partial charge in [0.15, 0.2) is 5.65 Å². The average Bonchev–Trinajstić information content (AvgIpc) is 3.06. The maximum absolute atomic E-state index is 12.6. The number of imidazole rings is 1.